The van der Waals surface area contributed by atoms with E-state index in [-0.39, 0.29) is 6.04 Å². The van der Waals surface area contributed by atoms with E-state index in [4.69, 9.17) is 4.42 Å². The van der Waals surface area contributed by atoms with Gasteiger partial charge in [0.2, 0.25) is 0 Å². The summed E-state index contributed by atoms with van der Waals surface area (Å²) in [6, 6.07) is 6.20. The summed E-state index contributed by atoms with van der Waals surface area (Å²) in [6.07, 6.45) is 7.33. The van der Waals surface area contributed by atoms with Crippen LogP contribution in [0.2, 0.25) is 0 Å². The summed E-state index contributed by atoms with van der Waals surface area (Å²) in [6.45, 7) is 2.08. The third-order valence-corrected chi connectivity index (χ3v) is 3.09. The highest BCUT2D eigenvalue weighted by atomic mass is 32.2. The number of aromatic nitrogens is 1. The zero-order valence-corrected chi connectivity index (χ0v) is 10.1. The molecule has 0 saturated heterocycles. The lowest BCUT2D eigenvalue weighted by Gasteiger charge is -2.12. The van der Waals surface area contributed by atoms with Crippen molar-refractivity contribution in [2.24, 2.45) is 0 Å². The van der Waals surface area contributed by atoms with Gasteiger partial charge in [-0.3, -0.25) is 0 Å². The molecule has 0 radical (unpaired) electrons. The van der Waals surface area contributed by atoms with Gasteiger partial charge in [0, 0.05) is 16.7 Å². The molecule has 4 heteroatoms. The fourth-order valence-electron chi connectivity index (χ4n) is 1.41. The lowest BCUT2D eigenvalue weighted by Crippen LogP contribution is -2.06. The van der Waals surface area contributed by atoms with Crippen molar-refractivity contribution < 1.29 is 4.42 Å². The van der Waals surface area contributed by atoms with E-state index in [1.165, 1.54) is 4.90 Å². The molecule has 2 aromatic heterocycles. The normalized spacial score (nSPS) is 12.4. The first-order chi connectivity index (χ1) is 7.79. The third-order valence-electron chi connectivity index (χ3n) is 2.38. The van der Waals surface area contributed by atoms with Crippen LogP contribution in [0.15, 0.2) is 46.2 Å². The van der Waals surface area contributed by atoms with E-state index in [1.54, 1.807) is 24.3 Å². The number of rotatable bonds is 4. The van der Waals surface area contributed by atoms with E-state index in [1.807, 2.05) is 24.6 Å². The smallest absolute Gasteiger partial charge is 0.126 e. The van der Waals surface area contributed by atoms with E-state index in [2.05, 4.69) is 23.3 Å². The molecule has 0 amide bonds. The van der Waals surface area contributed by atoms with E-state index in [9.17, 15) is 0 Å². The molecule has 3 nitrogen and oxygen atoms in total. The van der Waals surface area contributed by atoms with Gasteiger partial charge < -0.3 is 9.73 Å². The molecule has 1 unspecified atom stereocenters. The largest absolute Gasteiger partial charge is 0.472 e. The van der Waals surface area contributed by atoms with Crippen LogP contribution in [0.1, 0.15) is 18.5 Å². The summed E-state index contributed by atoms with van der Waals surface area (Å²) < 4.78 is 5.05. The van der Waals surface area contributed by atoms with Gasteiger partial charge >= 0.3 is 0 Å². The fraction of sp³-hybridized carbons (Fsp3) is 0.250. The molecule has 2 rings (SSSR count). The van der Waals surface area contributed by atoms with Crippen molar-refractivity contribution in [3.05, 3.63) is 42.5 Å². The number of thioether (sulfide) groups is 1. The standard InChI is InChI=1S/C12H14N2OS/c1-9(10-5-6-15-8-10)14-12-4-3-11(16-2)7-13-12/h3-9H,1-2H3,(H,13,14). The van der Waals surface area contributed by atoms with Crippen LogP contribution in [-0.4, -0.2) is 11.2 Å². The molecule has 0 fully saturated rings. The minimum absolute atomic E-state index is 0.200. The quantitative estimate of drug-likeness (QED) is 0.821. The number of anilines is 1. The van der Waals surface area contributed by atoms with Crippen molar-refractivity contribution in [3.63, 3.8) is 0 Å². The number of hydrogen-bond acceptors (Lipinski definition) is 4. The molecule has 84 valence electrons. The number of hydrogen-bond donors (Lipinski definition) is 1. The summed E-state index contributed by atoms with van der Waals surface area (Å²) >= 11 is 1.69. The lowest BCUT2D eigenvalue weighted by molar-refractivity contribution is 0.562. The Balaban J connectivity index is 2.03. The maximum Gasteiger partial charge on any atom is 0.126 e. The van der Waals surface area contributed by atoms with Crippen LogP contribution >= 0.6 is 11.8 Å². The van der Waals surface area contributed by atoms with Crippen LogP contribution in [-0.2, 0) is 0 Å². The molecule has 2 heterocycles. The molecule has 0 bridgehead atoms. The minimum Gasteiger partial charge on any atom is -0.472 e. The summed E-state index contributed by atoms with van der Waals surface area (Å²) in [5.41, 5.74) is 1.12. The molecule has 2 aromatic rings. The highest BCUT2D eigenvalue weighted by Gasteiger charge is 2.06. The van der Waals surface area contributed by atoms with Gasteiger partial charge in [-0.15, -0.1) is 11.8 Å². The zero-order chi connectivity index (χ0) is 11.4. The van der Waals surface area contributed by atoms with Gasteiger partial charge in [0.05, 0.1) is 18.6 Å². The first kappa shape index (κ1) is 11.1. The predicted molar refractivity (Wildman–Crippen MR) is 66.8 cm³/mol. The number of furan rings is 1. The van der Waals surface area contributed by atoms with Crippen LogP contribution < -0.4 is 5.32 Å². The molecule has 0 saturated carbocycles. The Labute approximate surface area is 99.3 Å². The van der Waals surface area contributed by atoms with Crippen LogP contribution in [0.25, 0.3) is 0 Å². The van der Waals surface area contributed by atoms with Crippen molar-refractivity contribution in [1.82, 2.24) is 4.98 Å². The molecule has 0 aliphatic heterocycles. The molecule has 0 aliphatic rings. The number of pyridine rings is 1. The Kier molecular flexibility index (Phi) is 3.51. The summed E-state index contributed by atoms with van der Waals surface area (Å²) in [5.74, 6) is 0.881. The molecule has 1 N–H and O–H groups in total. The Morgan fingerprint density at radius 1 is 1.38 bits per heavy atom. The van der Waals surface area contributed by atoms with E-state index < -0.39 is 0 Å². The lowest BCUT2D eigenvalue weighted by atomic mass is 10.2. The highest BCUT2D eigenvalue weighted by Crippen LogP contribution is 2.20. The summed E-state index contributed by atoms with van der Waals surface area (Å²) in [4.78, 5) is 5.50. The van der Waals surface area contributed by atoms with E-state index in [0.717, 1.165) is 11.4 Å². The summed E-state index contributed by atoms with van der Waals surface area (Å²) in [7, 11) is 0. The van der Waals surface area contributed by atoms with Crippen molar-refractivity contribution in [2.45, 2.75) is 17.9 Å². The number of nitrogens with zero attached hydrogens (tertiary/aromatic N) is 1. The van der Waals surface area contributed by atoms with Crippen LogP contribution in [0.3, 0.4) is 0 Å². The second-order valence-corrected chi connectivity index (χ2v) is 4.39. The first-order valence-electron chi connectivity index (χ1n) is 5.08. The monoisotopic (exact) mass is 234 g/mol. The zero-order valence-electron chi connectivity index (χ0n) is 9.31. The second kappa shape index (κ2) is 5.07. The molecular weight excluding hydrogens is 220 g/mol. The van der Waals surface area contributed by atoms with Gasteiger partial charge in [-0.05, 0) is 31.4 Å². The van der Waals surface area contributed by atoms with Gasteiger partial charge in [0.1, 0.15) is 5.82 Å². The maximum atomic E-state index is 5.05. The van der Waals surface area contributed by atoms with Crippen molar-refractivity contribution in [3.8, 4) is 0 Å². The van der Waals surface area contributed by atoms with Crippen LogP contribution in [0, 0.1) is 0 Å². The number of nitrogens with one attached hydrogen (secondary N) is 1. The molecule has 1 atom stereocenters. The fourth-order valence-corrected chi connectivity index (χ4v) is 1.78. The topological polar surface area (TPSA) is 38.1 Å². The molecule has 16 heavy (non-hydrogen) atoms. The first-order valence-corrected chi connectivity index (χ1v) is 6.31. The van der Waals surface area contributed by atoms with Crippen LogP contribution in [0.4, 0.5) is 5.82 Å². The second-order valence-electron chi connectivity index (χ2n) is 3.51. The van der Waals surface area contributed by atoms with Gasteiger partial charge in [-0.25, -0.2) is 4.98 Å². The summed E-state index contributed by atoms with van der Waals surface area (Å²) in [5, 5.41) is 3.32. The Hall–Kier alpha value is -1.42. The average molecular weight is 234 g/mol. The molecule has 0 aliphatic carbocycles. The van der Waals surface area contributed by atoms with Gasteiger partial charge in [-0.1, -0.05) is 0 Å². The maximum absolute atomic E-state index is 5.05. The molecule has 0 spiro atoms. The minimum atomic E-state index is 0.200. The molecule has 0 aromatic carbocycles. The molecular formula is C12H14N2OS. The van der Waals surface area contributed by atoms with Gasteiger partial charge in [0.15, 0.2) is 0 Å². The van der Waals surface area contributed by atoms with Crippen molar-refractivity contribution >= 4 is 17.6 Å². The SMILES string of the molecule is CSc1ccc(NC(C)c2ccoc2)nc1. The predicted octanol–water partition coefficient (Wildman–Crippen LogP) is 3.57. The van der Waals surface area contributed by atoms with E-state index >= 15 is 0 Å². The van der Waals surface area contributed by atoms with E-state index in [0.29, 0.717) is 0 Å². The average Bonchev–Trinajstić information content (AvgIpc) is 2.83. The Bertz CT molecular complexity index is 425. The Morgan fingerprint density at radius 3 is 2.81 bits per heavy atom. The van der Waals surface area contributed by atoms with Crippen molar-refractivity contribution in [2.75, 3.05) is 11.6 Å². The van der Waals surface area contributed by atoms with Gasteiger partial charge in [0.25, 0.3) is 0 Å². The van der Waals surface area contributed by atoms with Crippen molar-refractivity contribution in [1.29, 1.82) is 0 Å². The van der Waals surface area contributed by atoms with Gasteiger partial charge in [-0.2, -0.15) is 0 Å². The highest BCUT2D eigenvalue weighted by molar-refractivity contribution is 7.98. The van der Waals surface area contributed by atoms with Crippen LogP contribution in [0.5, 0.6) is 0 Å². The Morgan fingerprint density at radius 2 is 2.25 bits per heavy atom. The third kappa shape index (κ3) is 2.58.